The number of methoxy groups -OCH3 is 1. The summed E-state index contributed by atoms with van der Waals surface area (Å²) in [5.41, 5.74) is 2.81. The van der Waals surface area contributed by atoms with Gasteiger partial charge in [-0.25, -0.2) is 14.8 Å². The number of H-pyrrole nitrogens is 1. The van der Waals surface area contributed by atoms with Gasteiger partial charge < -0.3 is 15.0 Å². The van der Waals surface area contributed by atoms with E-state index in [0.717, 1.165) is 29.1 Å². The maximum absolute atomic E-state index is 12.8. The number of anilines is 1. The van der Waals surface area contributed by atoms with Gasteiger partial charge in [0.15, 0.2) is 16.6 Å². The maximum Gasteiger partial charge on any atom is 0.328 e. The number of fused-ring (bicyclic) bond motifs is 1. The molecule has 0 unspecified atom stereocenters. The predicted octanol–water partition coefficient (Wildman–Crippen LogP) is 4.94. The van der Waals surface area contributed by atoms with Crippen LogP contribution < -0.4 is 15.7 Å². The summed E-state index contributed by atoms with van der Waals surface area (Å²) in [6.07, 6.45) is 1.00. The molecule has 0 amide bonds. The lowest BCUT2D eigenvalue weighted by Gasteiger charge is -2.10. The van der Waals surface area contributed by atoms with Crippen LogP contribution in [0.2, 0.25) is 5.02 Å². The van der Waals surface area contributed by atoms with Gasteiger partial charge in [-0.2, -0.15) is 0 Å². The lowest BCUT2D eigenvalue weighted by atomic mass is 10.2. The van der Waals surface area contributed by atoms with Crippen molar-refractivity contribution in [3.8, 4) is 5.75 Å². The number of benzene rings is 2. The summed E-state index contributed by atoms with van der Waals surface area (Å²) in [6, 6.07) is 15.3. The Kier molecular flexibility index (Phi) is 7.02. The zero-order valence-corrected chi connectivity index (χ0v) is 19.5. The van der Waals surface area contributed by atoms with Crippen molar-refractivity contribution < 1.29 is 4.74 Å². The molecule has 0 radical (unpaired) electrons. The maximum atomic E-state index is 12.8. The van der Waals surface area contributed by atoms with Crippen LogP contribution >= 0.6 is 23.4 Å². The largest absolute Gasteiger partial charge is 0.497 e. The van der Waals surface area contributed by atoms with Crippen molar-refractivity contribution in [3.05, 3.63) is 75.2 Å². The van der Waals surface area contributed by atoms with Crippen LogP contribution in [0.3, 0.4) is 0 Å². The Hall–Kier alpha value is -2.97. The van der Waals surface area contributed by atoms with E-state index < -0.39 is 0 Å². The van der Waals surface area contributed by atoms with E-state index >= 15 is 0 Å². The number of thioether (sulfide) groups is 1. The lowest BCUT2D eigenvalue weighted by Crippen LogP contribution is -2.18. The van der Waals surface area contributed by atoms with Gasteiger partial charge in [-0.3, -0.25) is 4.57 Å². The minimum absolute atomic E-state index is 0.251. The number of hydrogen-bond donors (Lipinski definition) is 2. The van der Waals surface area contributed by atoms with E-state index in [0.29, 0.717) is 40.3 Å². The Morgan fingerprint density at radius 1 is 1.16 bits per heavy atom. The molecule has 2 N–H and O–H groups in total. The summed E-state index contributed by atoms with van der Waals surface area (Å²) < 4.78 is 6.82. The van der Waals surface area contributed by atoms with Crippen molar-refractivity contribution in [1.29, 1.82) is 0 Å². The zero-order valence-electron chi connectivity index (χ0n) is 17.9. The standard InChI is InChI=1S/C23H24ClN5O2S/c1-3-12-32-22-27-20(25-13-15-8-10-17(31-2)11-9-15)19-21(28-22)29(23(30)26-19)14-16-6-4-5-7-18(16)24/h4-11H,3,12-14H2,1-2H3,(H,26,30)(H,25,27,28). The molecule has 0 fully saturated rings. The highest BCUT2D eigenvalue weighted by Crippen LogP contribution is 2.25. The second-order valence-corrected chi connectivity index (χ2v) is 8.68. The van der Waals surface area contributed by atoms with Crippen LogP contribution in [-0.4, -0.2) is 32.4 Å². The van der Waals surface area contributed by atoms with Crippen molar-refractivity contribution in [2.75, 3.05) is 18.2 Å². The molecule has 0 aliphatic rings. The second-order valence-electron chi connectivity index (χ2n) is 7.21. The van der Waals surface area contributed by atoms with Gasteiger partial charge in [-0.1, -0.05) is 60.6 Å². The number of ether oxygens (including phenoxy) is 1. The van der Waals surface area contributed by atoms with Gasteiger partial charge in [0.05, 0.1) is 13.7 Å². The highest BCUT2D eigenvalue weighted by molar-refractivity contribution is 7.99. The van der Waals surface area contributed by atoms with E-state index in [2.05, 4.69) is 27.2 Å². The topological polar surface area (TPSA) is 84.8 Å². The second kappa shape index (κ2) is 10.1. The molecule has 0 spiro atoms. The predicted molar refractivity (Wildman–Crippen MR) is 130 cm³/mol. The van der Waals surface area contributed by atoms with Gasteiger partial charge in [-0.05, 0) is 35.7 Å². The number of nitrogens with one attached hydrogen (secondary N) is 2. The third kappa shape index (κ3) is 4.92. The Morgan fingerprint density at radius 2 is 1.94 bits per heavy atom. The van der Waals surface area contributed by atoms with Gasteiger partial charge in [0, 0.05) is 17.3 Å². The van der Waals surface area contributed by atoms with Gasteiger partial charge in [0.2, 0.25) is 0 Å². The van der Waals surface area contributed by atoms with E-state index in [-0.39, 0.29) is 5.69 Å². The molecule has 0 atom stereocenters. The van der Waals surface area contributed by atoms with E-state index in [9.17, 15) is 4.79 Å². The summed E-state index contributed by atoms with van der Waals surface area (Å²) in [7, 11) is 1.64. The van der Waals surface area contributed by atoms with Crippen LogP contribution in [0, 0.1) is 0 Å². The van der Waals surface area contributed by atoms with Crippen LogP contribution in [0.15, 0.2) is 58.5 Å². The Bertz CT molecular complexity index is 1270. The van der Waals surface area contributed by atoms with E-state index in [4.69, 9.17) is 16.3 Å². The van der Waals surface area contributed by atoms with Crippen molar-refractivity contribution in [2.45, 2.75) is 31.6 Å². The minimum atomic E-state index is -0.251. The summed E-state index contributed by atoms with van der Waals surface area (Å²) in [6.45, 7) is 2.98. The molecule has 32 heavy (non-hydrogen) atoms. The molecule has 4 rings (SSSR count). The molecule has 166 valence electrons. The molecule has 7 nitrogen and oxygen atoms in total. The van der Waals surface area contributed by atoms with Crippen molar-refractivity contribution >= 4 is 40.3 Å². The molecule has 2 heterocycles. The fourth-order valence-corrected chi connectivity index (χ4v) is 4.16. The van der Waals surface area contributed by atoms with Crippen molar-refractivity contribution in [1.82, 2.24) is 19.5 Å². The third-order valence-electron chi connectivity index (χ3n) is 4.94. The minimum Gasteiger partial charge on any atom is -0.497 e. The van der Waals surface area contributed by atoms with Crippen molar-refractivity contribution in [3.63, 3.8) is 0 Å². The molecule has 4 aromatic rings. The fraction of sp³-hybridized carbons (Fsp3) is 0.261. The summed E-state index contributed by atoms with van der Waals surface area (Å²) in [5.74, 6) is 2.29. The molecule has 0 bridgehead atoms. The zero-order chi connectivity index (χ0) is 22.5. The molecule has 2 aromatic carbocycles. The van der Waals surface area contributed by atoms with Crippen LogP contribution in [0.25, 0.3) is 11.2 Å². The molecule has 0 saturated carbocycles. The third-order valence-corrected chi connectivity index (χ3v) is 6.36. The smallest absolute Gasteiger partial charge is 0.328 e. The van der Waals surface area contributed by atoms with Gasteiger partial charge in [-0.15, -0.1) is 0 Å². The van der Waals surface area contributed by atoms with Gasteiger partial charge in [0.25, 0.3) is 0 Å². The Balaban J connectivity index is 1.70. The highest BCUT2D eigenvalue weighted by atomic mass is 35.5. The fourth-order valence-electron chi connectivity index (χ4n) is 3.27. The number of hydrogen-bond acceptors (Lipinski definition) is 6. The first-order valence-electron chi connectivity index (χ1n) is 10.3. The lowest BCUT2D eigenvalue weighted by molar-refractivity contribution is 0.414. The van der Waals surface area contributed by atoms with E-state index in [1.807, 2.05) is 48.5 Å². The number of aromatic nitrogens is 4. The number of imidazole rings is 1. The Labute approximate surface area is 195 Å². The number of halogens is 1. The monoisotopic (exact) mass is 469 g/mol. The first-order chi connectivity index (χ1) is 15.6. The van der Waals surface area contributed by atoms with Crippen molar-refractivity contribution in [2.24, 2.45) is 0 Å². The van der Waals surface area contributed by atoms with Crippen LogP contribution in [0.5, 0.6) is 5.75 Å². The first kappa shape index (κ1) is 22.2. The summed E-state index contributed by atoms with van der Waals surface area (Å²) in [4.78, 5) is 25.1. The van der Waals surface area contributed by atoms with Gasteiger partial charge >= 0.3 is 5.69 Å². The van der Waals surface area contributed by atoms with Crippen LogP contribution in [0.4, 0.5) is 5.82 Å². The molecule has 2 aromatic heterocycles. The SMILES string of the molecule is CCCSc1nc(NCc2ccc(OC)cc2)c2[nH]c(=O)n(Cc3ccccc3Cl)c2n1. The molecular formula is C23H24ClN5O2S. The molecule has 0 aliphatic heterocycles. The molecular weight excluding hydrogens is 446 g/mol. The van der Waals surface area contributed by atoms with Crippen LogP contribution in [-0.2, 0) is 13.1 Å². The molecule has 0 saturated heterocycles. The van der Waals surface area contributed by atoms with E-state index in [1.165, 1.54) is 0 Å². The normalized spacial score (nSPS) is 11.1. The average molecular weight is 470 g/mol. The number of nitrogens with zero attached hydrogens (tertiary/aromatic N) is 3. The summed E-state index contributed by atoms with van der Waals surface area (Å²) >= 11 is 7.90. The quantitative estimate of drug-likeness (QED) is 0.266. The van der Waals surface area contributed by atoms with Crippen LogP contribution in [0.1, 0.15) is 24.5 Å². The summed E-state index contributed by atoms with van der Waals surface area (Å²) in [5, 5.41) is 4.60. The van der Waals surface area contributed by atoms with Gasteiger partial charge in [0.1, 0.15) is 11.3 Å². The highest BCUT2D eigenvalue weighted by Gasteiger charge is 2.17. The average Bonchev–Trinajstić information content (AvgIpc) is 3.13. The Morgan fingerprint density at radius 3 is 2.66 bits per heavy atom. The number of aromatic amines is 1. The van der Waals surface area contributed by atoms with E-state index in [1.54, 1.807) is 23.4 Å². The molecule has 9 heteroatoms. The first-order valence-corrected chi connectivity index (χ1v) is 11.7. The number of rotatable bonds is 9. The molecule has 0 aliphatic carbocycles.